The summed E-state index contributed by atoms with van der Waals surface area (Å²) >= 11 is 0. The van der Waals surface area contributed by atoms with Gasteiger partial charge in [0.15, 0.2) is 0 Å². The zero-order chi connectivity index (χ0) is 12.9. The first-order chi connectivity index (χ1) is 7.92. The standard InChI is InChI=1S/C10H14F3N3O/c11-10(12,13)7-15-9(17)8-1-4-16(5-2-8)6-3-14/h8H,1-2,4-7H2,(H,15,17). The molecule has 1 fully saturated rings. The molecule has 0 spiro atoms. The Morgan fingerprint density at radius 1 is 1.41 bits per heavy atom. The quantitative estimate of drug-likeness (QED) is 0.756. The maximum atomic E-state index is 11.9. The normalized spacial score (nSPS) is 18.7. The molecule has 0 atom stereocenters. The number of halogens is 3. The third-order valence-electron chi connectivity index (χ3n) is 2.72. The van der Waals surface area contributed by atoms with Crippen LogP contribution in [-0.4, -0.2) is 43.2 Å². The molecule has 96 valence electrons. The summed E-state index contributed by atoms with van der Waals surface area (Å²) in [5, 5.41) is 10.4. The lowest BCUT2D eigenvalue weighted by molar-refractivity contribution is -0.141. The molecule has 0 bridgehead atoms. The van der Waals surface area contributed by atoms with Crippen molar-refractivity contribution in [2.24, 2.45) is 5.92 Å². The van der Waals surface area contributed by atoms with Gasteiger partial charge < -0.3 is 5.32 Å². The van der Waals surface area contributed by atoms with Gasteiger partial charge in [0.05, 0.1) is 12.6 Å². The maximum absolute atomic E-state index is 11.9. The van der Waals surface area contributed by atoms with E-state index in [0.717, 1.165) is 0 Å². The zero-order valence-corrected chi connectivity index (χ0v) is 9.26. The average Bonchev–Trinajstić information content (AvgIpc) is 2.26. The first-order valence-electron chi connectivity index (χ1n) is 5.36. The third kappa shape index (κ3) is 5.04. The van der Waals surface area contributed by atoms with Gasteiger partial charge in [-0.3, -0.25) is 9.69 Å². The SMILES string of the molecule is N#CCN1CCC(C(=O)NCC(F)(F)F)CC1. The Morgan fingerprint density at radius 3 is 2.47 bits per heavy atom. The number of nitrogens with zero attached hydrogens (tertiary/aromatic N) is 2. The molecule has 0 radical (unpaired) electrons. The second kappa shape index (κ2) is 5.87. The summed E-state index contributed by atoms with van der Waals surface area (Å²) in [7, 11) is 0. The molecule has 1 amide bonds. The summed E-state index contributed by atoms with van der Waals surface area (Å²) < 4.78 is 35.7. The van der Waals surface area contributed by atoms with Gasteiger partial charge in [0.25, 0.3) is 0 Å². The summed E-state index contributed by atoms with van der Waals surface area (Å²) in [6.45, 7) is 0.191. The van der Waals surface area contributed by atoms with E-state index in [1.54, 1.807) is 0 Å². The summed E-state index contributed by atoms with van der Waals surface area (Å²) in [4.78, 5) is 13.3. The van der Waals surface area contributed by atoms with Crippen molar-refractivity contribution in [1.82, 2.24) is 10.2 Å². The number of likely N-dealkylation sites (tertiary alicyclic amines) is 1. The number of hydrogen-bond donors (Lipinski definition) is 1. The van der Waals surface area contributed by atoms with Crippen molar-refractivity contribution >= 4 is 5.91 Å². The van der Waals surface area contributed by atoms with Gasteiger partial charge in [-0.05, 0) is 25.9 Å². The molecule has 0 saturated carbocycles. The van der Waals surface area contributed by atoms with Crippen LogP contribution in [0.5, 0.6) is 0 Å². The minimum Gasteiger partial charge on any atom is -0.347 e. The van der Waals surface area contributed by atoms with Gasteiger partial charge in [0.2, 0.25) is 5.91 Å². The molecule has 0 aromatic carbocycles. The molecule has 0 aliphatic carbocycles. The Kier molecular flexibility index (Phi) is 4.75. The number of nitriles is 1. The highest BCUT2D eigenvalue weighted by Gasteiger charge is 2.30. The molecule has 1 N–H and O–H groups in total. The first-order valence-corrected chi connectivity index (χ1v) is 5.36. The molecule has 7 heteroatoms. The number of carbonyl (C=O) groups excluding carboxylic acids is 1. The van der Waals surface area contributed by atoms with Crippen LogP contribution in [0.3, 0.4) is 0 Å². The predicted octanol–water partition coefficient (Wildman–Crippen LogP) is 0.900. The van der Waals surface area contributed by atoms with E-state index in [0.29, 0.717) is 32.5 Å². The van der Waals surface area contributed by atoms with Crippen LogP contribution in [0.4, 0.5) is 13.2 Å². The molecule has 1 aliphatic heterocycles. The van der Waals surface area contributed by atoms with E-state index < -0.39 is 18.6 Å². The lowest BCUT2D eigenvalue weighted by Crippen LogP contribution is -2.43. The molecule has 0 aromatic rings. The van der Waals surface area contributed by atoms with E-state index in [4.69, 9.17) is 5.26 Å². The van der Waals surface area contributed by atoms with E-state index >= 15 is 0 Å². The second-order valence-electron chi connectivity index (χ2n) is 4.04. The van der Waals surface area contributed by atoms with Gasteiger partial charge in [0, 0.05) is 5.92 Å². The smallest absolute Gasteiger partial charge is 0.347 e. The van der Waals surface area contributed by atoms with Gasteiger partial charge >= 0.3 is 6.18 Å². The molecule has 1 saturated heterocycles. The highest BCUT2D eigenvalue weighted by Crippen LogP contribution is 2.18. The summed E-state index contributed by atoms with van der Waals surface area (Å²) in [6, 6.07) is 2.00. The van der Waals surface area contributed by atoms with Crippen molar-refractivity contribution in [1.29, 1.82) is 5.26 Å². The molecular weight excluding hydrogens is 235 g/mol. The van der Waals surface area contributed by atoms with Crippen LogP contribution in [0.15, 0.2) is 0 Å². The average molecular weight is 249 g/mol. The minimum absolute atomic E-state index is 0.302. The number of rotatable bonds is 3. The summed E-state index contributed by atoms with van der Waals surface area (Å²) in [6.07, 6.45) is -3.35. The fourth-order valence-electron chi connectivity index (χ4n) is 1.78. The lowest BCUT2D eigenvalue weighted by atomic mass is 9.96. The molecule has 17 heavy (non-hydrogen) atoms. The van der Waals surface area contributed by atoms with E-state index in [2.05, 4.69) is 0 Å². The van der Waals surface area contributed by atoms with Crippen molar-refractivity contribution < 1.29 is 18.0 Å². The first kappa shape index (κ1) is 13.8. The number of alkyl halides is 3. The fourth-order valence-corrected chi connectivity index (χ4v) is 1.78. The molecule has 1 heterocycles. The zero-order valence-electron chi connectivity index (χ0n) is 9.26. The van der Waals surface area contributed by atoms with Crippen molar-refractivity contribution in [3.8, 4) is 6.07 Å². The van der Waals surface area contributed by atoms with Crippen molar-refractivity contribution in [2.45, 2.75) is 19.0 Å². The maximum Gasteiger partial charge on any atom is 0.405 e. The van der Waals surface area contributed by atoms with Gasteiger partial charge in [-0.2, -0.15) is 18.4 Å². The number of carbonyl (C=O) groups is 1. The largest absolute Gasteiger partial charge is 0.405 e. The van der Waals surface area contributed by atoms with Gasteiger partial charge in [-0.15, -0.1) is 0 Å². The van der Waals surface area contributed by atoms with Gasteiger partial charge in [-0.1, -0.05) is 0 Å². The molecule has 1 rings (SSSR count). The van der Waals surface area contributed by atoms with Crippen molar-refractivity contribution in [3.63, 3.8) is 0 Å². The fraction of sp³-hybridized carbons (Fsp3) is 0.800. The Labute approximate surface area is 97.4 Å². The van der Waals surface area contributed by atoms with Gasteiger partial charge in [0.1, 0.15) is 6.54 Å². The van der Waals surface area contributed by atoms with Gasteiger partial charge in [-0.25, -0.2) is 0 Å². The van der Waals surface area contributed by atoms with Crippen LogP contribution in [0.2, 0.25) is 0 Å². The topological polar surface area (TPSA) is 56.1 Å². The highest BCUT2D eigenvalue weighted by molar-refractivity contribution is 5.78. The Hall–Kier alpha value is -1.29. The molecule has 0 aromatic heterocycles. The molecular formula is C10H14F3N3O. The second-order valence-corrected chi connectivity index (χ2v) is 4.04. The van der Waals surface area contributed by atoms with Crippen LogP contribution >= 0.6 is 0 Å². The van der Waals surface area contributed by atoms with Crippen molar-refractivity contribution in [3.05, 3.63) is 0 Å². The third-order valence-corrected chi connectivity index (χ3v) is 2.72. The molecule has 1 aliphatic rings. The van der Waals surface area contributed by atoms with Crippen LogP contribution in [0.1, 0.15) is 12.8 Å². The predicted molar refractivity (Wildman–Crippen MR) is 53.8 cm³/mol. The van der Waals surface area contributed by atoms with E-state index in [9.17, 15) is 18.0 Å². The number of piperidine rings is 1. The molecule has 4 nitrogen and oxygen atoms in total. The minimum atomic E-state index is -4.36. The Morgan fingerprint density at radius 2 is 2.00 bits per heavy atom. The number of hydrogen-bond acceptors (Lipinski definition) is 3. The number of amides is 1. The Bertz CT molecular complexity index is 303. The van der Waals surface area contributed by atoms with Crippen LogP contribution in [-0.2, 0) is 4.79 Å². The van der Waals surface area contributed by atoms with Crippen LogP contribution < -0.4 is 5.32 Å². The van der Waals surface area contributed by atoms with Crippen LogP contribution in [0, 0.1) is 17.2 Å². The van der Waals surface area contributed by atoms with E-state index in [1.807, 2.05) is 16.3 Å². The summed E-state index contributed by atoms with van der Waals surface area (Å²) in [5.74, 6) is -0.911. The Balaban J connectivity index is 2.29. The molecule has 0 unspecified atom stereocenters. The van der Waals surface area contributed by atoms with E-state index in [-0.39, 0.29) is 5.92 Å². The lowest BCUT2D eigenvalue weighted by Gasteiger charge is -2.29. The number of nitrogens with one attached hydrogen (secondary N) is 1. The van der Waals surface area contributed by atoms with Crippen molar-refractivity contribution in [2.75, 3.05) is 26.2 Å². The van der Waals surface area contributed by atoms with Crippen LogP contribution in [0.25, 0.3) is 0 Å². The highest BCUT2D eigenvalue weighted by atomic mass is 19.4. The van der Waals surface area contributed by atoms with E-state index in [1.165, 1.54) is 0 Å². The summed E-state index contributed by atoms with van der Waals surface area (Å²) in [5.41, 5.74) is 0. The monoisotopic (exact) mass is 249 g/mol.